The number of hydrogen-bond donors (Lipinski definition) is 2. The fourth-order valence-electron chi connectivity index (χ4n) is 1.21. The summed E-state index contributed by atoms with van der Waals surface area (Å²) in [7, 11) is 0. The second-order valence-corrected chi connectivity index (χ2v) is 3.54. The number of amides is 1. The summed E-state index contributed by atoms with van der Waals surface area (Å²) in [4.78, 5) is 11.9. The zero-order valence-electron chi connectivity index (χ0n) is 5.89. The minimum Gasteiger partial charge on any atom is -0.378 e. The Kier molecular flexibility index (Phi) is 1.42. The molecule has 1 aliphatic heterocycles. The van der Waals surface area contributed by atoms with Crippen LogP contribution >= 0.6 is 11.8 Å². The maximum atomic E-state index is 10.7. The third-order valence-electron chi connectivity index (χ3n) is 1.80. The van der Waals surface area contributed by atoms with E-state index >= 15 is 0 Å². The van der Waals surface area contributed by atoms with Crippen molar-refractivity contribution in [3.8, 4) is 0 Å². The van der Waals surface area contributed by atoms with Crippen molar-refractivity contribution in [2.24, 2.45) is 5.73 Å². The third-order valence-corrected chi connectivity index (χ3v) is 2.76. The minimum absolute atomic E-state index is 0.304. The van der Waals surface area contributed by atoms with Crippen LogP contribution in [0.5, 0.6) is 0 Å². The number of primary amides is 1. The normalized spacial score (nSPS) is 21.3. The first-order chi connectivity index (χ1) is 5.27. The monoisotopic (exact) mass is 168 g/mol. The lowest BCUT2D eigenvalue weighted by atomic mass is 10.2. The Morgan fingerprint density at radius 3 is 3.18 bits per heavy atom. The number of carbonyl (C=O) groups is 1. The molecule has 2 aliphatic rings. The predicted molar refractivity (Wildman–Crippen MR) is 44.5 cm³/mol. The van der Waals surface area contributed by atoms with Crippen LogP contribution in [-0.4, -0.2) is 11.8 Å². The van der Waals surface area contributed by atoms with Crippen LogP contribution in [0.15, 0.2) is 22.3 Å². The molecule has 58 valence electrons. The van der Waals surface area contributed by atoms with Gasteiger partial charge in [0.15, 0.2) is 0 Å². The van der Waals surface area contributed by atoms with Crippen molar-refractivity contribution in [3.63, 3.8) is 0 Å². The first-order valence-electron chi connectivity index (χ1n) is 3.37. The van der Waals surface area contributed by atoms with Crippen molar-refractivity contribution in [3.05, 3.63) is 22.3 Å². The molecule has 3 N–H and O–H groups in total. The van der Waals surface area contributed by atoms with Crippen LogP contribution in [0.4, 0.5) is 0 Å². The van der Waals surface area contributed by atoms with Crippen LogP contribution in [0.3, 0.4) is 0 Å². The van der Waals surface area contributed by atoms with Gasteiger partial charge in [-0.15, -0.1) is 11.8 Å². The molecular weight excluding hydrogens is 160 g/mol. The number of carbonyl (C=O) groups excluding carboxylic acids is 1. The number of thioether (sulfide) groups is 1. The van der Waals surface area contributed by atoms with Crippen LogP contribution in [-0.2, 0) is 4.79 Å². The molecule has 0 aromatic carbocycles. The smallest absolute Gasteiger partial charge is 0.245 e. The van der Waals surface area contributed by atoms with Gasteiger partial charge >= 0.3 is 0 Å². The molecule has 0 spiro atoms. The van der Waals surface area contributed by atoms with E-state index in [0.717, 1.165) is 17.1 Å². The summed E-state index contributed by atoms with van der Waals surface area (Å²) in [6.07, 6.45) is 2.57. The zero-order chi connectivity index (χ0) is 7.84. The molecule has 3 nitrogen and oxygen atoms in total. The summed E-state index contributed by atoms with van der Waals surface area (Å²) in [6, 6.07) is 0. The van der Waals surface area contributed by atoms with Gasteiger partial charge in [0.05, 0.1) is 5.88 Å². The molecule has 0 unspecified atom stereocenters. The largest absolute Gasteiger partial charge is 0.378 e. The number of rotatable bonds is 1. The van der Waals surface area contributed by atoms with Gasteiger partial charge in [-0.3, -0.25) is 4.79 Å². The van der Waals surface area contributed by atoms with Crippen molar-refractivity contribution in [2.75, 3.05) is 5.88 Å². The first-order valence-corrected chi connectivity index (χ1v) is 4.36. The van der Waals surface area contributed by atoms with Gasteiger partial charge in [0.25, 0.3) is 0 Å². The standard InChI is InChI=1S/C7H8N2OS/c8-7(10)4-1-5-6(2-4)11-3-9-5/h2,9H,1,3H2,(H2,8,10). The van der Waals surface area contributed by atoms with Gasteiger partial charge < -0.3 is 11.1 Å². The van der Waals surface area contributed by atoms with Crippen LogP contribution in [0.2, 0.25) is 0 Å². The zero-order valence-corrected chi connectivity index (χ0v) is 6.70. The number of nitrogens with one attached hydrogen (secondary N) is 1. The van der Waals surface area contributed by atoms with Crippen LogP contribution in [0.1, 0.15) is 6.42 Å². The van der Waals surface area contributed by atoms with Gasteiger partial charge in [-0.2, -0.15) is 0 Å². The molecule has 11 heavy (non-hydrogen) atoms. The average Bonchev–Trinajstić information content (AvgIpc) is 2.40. The van der Waals surface area contributed by atoms with Gasteiger partial charge in [0, 0.05) is 22.6 Å². The summed E-state index contributed by atoms with van der Waals surface area (Å²) < 4.78 is 0. The fraction of sp³-hybridized carbons (Fsp3) is 0.286. The van der Waals surface area contributed by atoms with E-state index < -0.39 is 0 Å². The fourth-order valence-corrected chi connectivity index (χ4v) is 2.16. The van der Waals surface area contributed by atoms with E-state index in [1.54, 1.807) is 11.8 Å². The van der Waals surface area contributed by atoms with Crippen molar-refractivity contribution >= 4 is 17.7 Å². The maximum absolute atomic E-state index is 10.7. The van der Waals surface area contributed by atoms with Gasteiger partial charge in [0.2, 0.25) is 5.91 Å². The van der Waals surface area contributed by atoms with E-state index in [2.05, 4.69) is 5.32 Å². The summed E-state index contributed by atoms with van der Waals surface area (Å²) in [5.41, 5.74) is 7.00. The average molecular weight is 168 g/mol. The highest BCUT2D eigenvalue weighted by Crippen LogP contribution is 2.35. The molecule has 0 radical (unpaired) electrons. The SMILES string of the molecule is NC(=O)C1=CC2=C(C1)NCS2. The molecule has 0 aromatic heterocycles. The lowest BCUT2D eigenvalue weighted by Crippen LogP contribution is -2.15. The lowest BCUT2D eigenvalue weighted by molar-refractivity contribution is -0.114. The Hall–Kier alpha value is -0.900. The highest BCUT2D eigenvalue weighted by molar-refractivity contribution is 8.03. The van der Waals surface area contributed by atoms with E-state index in [1.165, 1.54) is 4.91 Å². The molecule has 1 amide bonds. The number of hydrogen-bond acceptors (Lipinski definition) is 3. The van der Waals surface area contributed by atoms with Crippen LogP contribution in [0, 0.1) is 0 Å². The Bertz CT molecular complexity index is 280. The highest BCUT2D eigenvalue weighted by Gasteiger charge is 2.22. The summed E-state index contributed by atoms with van der Waals surface area (Å²) in [5.74, 6) is 0.620. The lowest BCUT2D eigenvalue weighted by Gasteiger charge is -1.99. The number of allylic oxidation sites excluding steroid dienone is 2. The third kappa shape index (κ3) is 1.03. The van der Waals surface area contributed by atoms with Gasteiger partial charge in [-0.25, -0.2) is 0 Å². The molecular formula is C7H8N2OS. The Morgan fingerprint density at radius 2 is 2.55 bits per heavy atom. The van der Waals surface area contributed by atoms with Crippen molar-refractivity contribution in [1.29, 1.82) is 0 Å². The topological polar surface area (TPSA) is 55.1 Å². The van der Waals surface area contributed by atoms with Crippen LogP contribution < -0.4 is 11.1 Å². The molecule has 0 aromatic rings. The summed E-state index contributed by atoms with van der Waals surface area (Å²) in [6.45, 7) is 0. The quantitative estimate of drug-likeness (QED) is 0.592. The van der Waals surface area contributed by atoms with Crippen molar-refractivity contribution < 1.29 is 4.79 Å². The highest BCUT2D eigenvalue weighted by atomic mass is 32.2. The summed E-state index contributed by atoms with van der Waals surface area (Å²) >= 11 is 1.72. The Labute approximate surface area is 68.7 Å². The molecule has 0 saturated heterocycles. The number of nitrogens with two attached hydrogens (primary N) is 1. The summed E-state index contributed by atoms with van der Waals surface area (Å²) in [5, 5.41) is 3.19. The second kappa shape index (κ2) is 2.30. The predicted octanol–water partition coefficient (Wildman–Crippen LogP) is 0.307. The first kappa shape index (κ1) is 6.79. The Balaban J connectivity index is 2.20. The van der Waals surface area contributed by atoms with Gasteiger partial charge in [-0.05, 0) is 6.08 Å². The minimum atomic E-state index is -0.304. The second-order valence-electron chi connectivity index (χ2n) is 2.52. The van der Waals surface area contributed by atoms with Gasteiger partial charge in [0.1, 0.15) is 0 Å². The van der Waals surface area contributed by atoms with Gasteiger partial charge in [-0.1, -0.05) is 0 Å². The van der Waals surface area contributed by atoms with E-state index in [1.807, 2.05) is 6.08 Å². The Morgan fingerprint density at radius 1 is 1.73 bits per heavy atom. The molecule has 0 fully saturated rings. The van der Waals surface area contributed by atoms with Crippen LogP contribution in [0.25, 0.3) is 0 Å². The molecule has 2 rings (SSSR count). The van der Waals surface area contributed by atoms with E-state index in [4.69, 9.17) is 5.73 Å². The molecule has 1 aliphatic carbocycles. The van der Waals surface area contributed by atoms with Crippen molar-refractivity contribution in [1.82, 2.24) is 5.32 Å². The van der Waals surface area contributed by atoms with E-state index in [9.17, 15) is 4.79 Å². The van der Waals surface area contributed by atoms with Crippen molar-refractivity contribution in [2.45, 2.75) is 6.42 Å². The van der Waals surface area contributed by atoms with E-state index in [0.29, 0.717) is 6.42 Å². The maximum Gasteiger partial charge on any atom is 0.245 e. The molecule has 4 heteroatoms. The molecule has 0 bridgehead atoms. The molecule has 0 saturated carbocycles. The molecule has 0 atom stereocenters. The molecule has 1 heterocycles. The van der Waals surface area contributed by atoms with E-state index in [-0.39, 0.29) is 5.91 Å².